The van der Waals surface area contributed by atoms with Crippen LogP contribution in [-0.2, 0) is 0 Å². The molecule has 0 saturated heterocycles. The van der Waals surface area contributed by atoms with E-state index in [9.17, 15) is 10.1 Å². The summed E-state index contributed by atoms with van der Waals surface area (Å²) in [6.45, 7) is 0. The van der Waals surface area contributed by atoms with Gasteiger partial charge in [-0.05, 0) is 30.3 Å². The molecule has 0 fully saturated rings. The Balaban J connectivity index is 2.22. The summed E-state index contributed by atoms with van der Waals surface area (Å²) in [5.41, 5.74) is -0.0356. The van der Waals surface area contributed by atoms with E-state index in [1.165, 1.54) is 24.9 Å². The number of rotatable bonds is 5. The Morgan fingerprint density at radius 3 is 2.20 bits per heavy atom. The van der Waals surface area contributed by atoms with Crippen LogP contribution in [0.15, 0.2) is 52.3 Å². The van der Waals surface area contributed by atoms with Crippen LogP contribution in [0.5, 0.6) is 11.5 Å². The van der Waals surface area contributed by atoms with Gasteiger partial charge in [-0.15, -0.1) is 0 Å². The van der Waals surface area contributed by atoms with Gasteiger partial charge in [-0.25, -0.2) is 0 Å². The average molecular weight is 291 g/mol. The Morgan fingerprint density at radius 2 is 1.65 bits per heavy atom. The minimum atomic E-state index is -0.458. The summed E-state index contributed by atoms with van der Waals surface area (Å²) in [6.07, 6.45) is 0. The molecule has 0 saturated carbocycles. The Morgan fingerprint density at radius 1 is 1.00 bits per heavy atom. The highest BCUT2D eigenvalue weighted by Crippen LogP contribution is 2.35. The molecule has 0 atom stereocenters. The van der Waals surface area contributed by atoms with Gasteiger partial charge in [0.1, 0.15) is 5.75 Å². The van der Waals surface area contributed by atoms with Crippen LogP contribution in [0.1, 0.15) is 0 Å². The lowest BCUT2D eigenvalue weighted by Crippen LogP contribution is -1.93. The Bertz CT molecular complexity index is 613. The topological polar surface area (TPSA) is 61.6 Å². The van der Waals surface area contributed by atoms with Gasteiger partial charge in [0.15, 0.2) is 5.75 Å². The van der Waals surface area contributed by atoms with Gasteiger partial charge in [-0.2, -0.15) is 0 Å². The van der Waals surface area contributed by atoms with Crippen LogP contribution in [0.2, 0.25) is 0 Å². The van der Waals surface area contributed by atoms with Gasteiger partial charge in [-0.1, -0.05) is 11.8 Å². The standard InChI is InChI=1S/C14H13NO4S/c1-18-10-3-5-11(6-4-10)20-12-7-8-13(15(16)17)14(9-12)19-2/h3-9H,1-2H3. The van der Waals surface area contributed by atoms with E-state index in [-0.39, 0.29) is 11.4 Å². The smallest absolute Gasteiger partial charge is 0.310 e. The first-order valence-electron chi connectivity index (χ1n) is 5.78. The maximum absolute atomic E-state index is 10.8. The third-order valence-electron chi connectivity index (χ3n) is 2.64. The Kier molecular flexibility index (Phi) is 4.47. The van der Waals surface area contributed by atoms with Crippen molar-refractivity contribution in [3.05, 3.63) is 52.6 Å². The Labute approximate surface area is 120 Å². The summed E-state index contributed by atoms with van der Waals surface area (Å²) >= 11 is 1.50. The molecule has 0 bridgehead atoms. The van der Waals surface area contributed by atoms with Gasteiger partial charge in [0.2, 0.25) is 0 Å². The molecule has 0 aliphatic heterocycles. The normalized spacial score (nSPS) is 10.1. The maximum Gasteiger partial charge on any atom is 0.310 e. The van der Waals surface area contributed by atoms with E-state index in [1.807, 2.05) is 24.3 Å². The van der Waals surface area contributed by atoms with Gasteiger partial charge in [0, 0.05) is 21.9 Å². The summed E-state index contributed by atoms with van der Waals surface area (Å²) < 4.78 is 10.1. The molecule has 2 rings (SSSR count). The van der Waals surface area contributed by atoms with Crippen molar-refractivity contribution in [1.82, 2.24) is 0 Å². The number of nitro groups is 1. The summed E-state index contributed by atoms with van der Waals surface area (Å²) in [4.78, 5) is 12.3. The number of methoxy groups -OCH3 is 2. The molecule has 104 valence electrons. The number of benzene rings is 2. The van der Waals surface area contributed by atoms with Gasteiger partial charge < -0.3 is 9.47 Å². The molecular weight excluding hydrogens is 278 g/mol. The predicted octanol–water partition coefficient (Wildman–Crippen LogP) is 3.76. The van der Waals surface area contributed by atoms with Gasteiger partial charge >= 0.3 is 5.69 Å². The van der Waals surface area contributed by atoms with Crippen LogP contribution < -0.4 is 9.47 Å². The van der Waals surface area contributed by atoms with E-state index in [2.05, 4.69) is 0 Å². The second-order valence-electron chi connectivity index (χ2n) is 3.87. The van der Waals surface area contributed by atoms with Crippen LogP contribution in [0.4, 0.5) is 5.69 Å². The average Bonchev–Trinajstić information content (AvgIpc) is 2.47. The molecule has 0 aliphatic carbocycles. The van der Waals surface area contributed by atoms with Crippen molar-refractivity contribution < 1.29 is 14.4 Å². The van der Waals surface area contributed by atoms with Crippen molar-refractivity contribution in [3.63, 3.8) is 0 Å². The fourth-order valence-corrected chi connectivity index (χ4v) is 2.50. The van der Waals surface area contributed by atoms with E-state index in [1.54, 1.807) is 19.2 Å². The SMILES string of the molecule is COc1ccc(Sc2ccc([N+](=O)[O-])c(OC)c2)cc1. The van der Waals surface area contributed by atoms with Crippen molar-refractivity contribution in [2.45, 2.75) is 9.79 Å². The van der Waals surface area contributed by atoms with Crippen molar-refractivity contribution in [3.8, 4) is 11.5 Å². The lowest BCUT2D eigenvalue weighted by molar-refractivity contribution is -0.385. The molecule has 0 amide bonds. The van der Waals surface area contributed by atoms with E-state index < -0.39 is 4.92 Å². The summed E-state index contributed by atoms with van der Waals surface area (Å²) in [6, 6.07) is 12.4. The highest BCUT2D eigenvalue weighted by molar-refractivity contribution is 7.99. The zero-order chi connectivity index (χ0) is 14.5. The van der Waals surface area contributed by atoms with E-state index in [0.29, 0.717) is 0 Å². The summed E-state index contributed by atoms with van der Waals surface area (Å²) in [5, 5.41) is 10.8. The lowest BCUT2D eigenvalue weighted by atomic mass is 10.3. The molecule has 2 aromatic carbocycles. The van der Waals surface area contributed by atoms with Gasteiger partial charge in [0.05, 0.1) is 19.1 Å². The number of nitrogens with zero attached hydrogens (tertiary/aromatic N) is 1. The number of hydrogen-bond donors (Lipinski definition) is 0. The fraction of sp³-hybridized carbons (Fsp3) is 0.143. The third-order valence-corrected chi connectivity index (χ3v) is 3.64. The number of hydrogen-bond acceptors (Lipinski definition) is 5. The van der Waals surface area contributed by atoms with Gasteiger partial charge in [0.25, 0.3) is 0 Å². The first-order valence-corrected chi connectivity index (χ1v) is 6.60. The minimum Gasteiger partial charge on any atom is -0.497 e. The molecule has 0 aliphatic rings. The zero-order valence-corrected chi connectivity index (χ0v) is 11.8. The van der Waals surface area contributed by atoms with Crippen molar-refractivity contribution in [1.29, 1.82) is 0 Å². The second kappa shape index (κ2) is 6.29. The molecular formula is C14H13NO4S. The number of nitro benzene ring substituents is 1. The van der Waals surface area contributed by atoms with Crippen LogP contribution >= 0.6 is 11.8 Å². The maximum atomic E-state index is 10.8. The van der Waals surface area contributed by atoms with Crippen molar-refractivity contribution >= 4 is 17.4 Å². The molecule has 0 aromatic heterocycles. The highest BCUT2D eigenvalue weighted by atomic mass is 32.2. The highest BCUT2D eigenvalue weighted by Gasteiger charge is 2.14. The molecule has 0 unspecified atom stereocenters. The Hall–Kier alpha value is -2.21. The molecule has 5 nitrogen and oxygen atoms in total. The monoisotopic (exact) mass is 291 g/mol. The van der Waals surface area contributed by atoms with Crippen LogP contribution in [-0.4, -0.2) is 19.1 Å². The quantitative estimate of drug-likeness (QED) is 0.620. The first kappa shape index (κ1) is 14.2. The van der Waals surface area contributed by atoms with Crippen molar-refractivity contribution in [2.75, 3.05) is 14.2 Å². The van der Waals surface area contributed by atoms with E-state index in [4.69, 9.17) is 9.47 Å². The third kappa shape index (κ3) is 3.21. The molecule has 0 spiro atoms. The summed E-state index contributed by atoms with van der Waals surface area (Å²) in [7, 11) is 3.04. The largest absolute Gasteiger partial charge is 0.497 e. The molecule has 6 heteroatoms. The molecule has 0 heterocycles. The predicted molar refractivity (Wildman–Crippen MR) is 76.8 cm³/mol. The number of ether oxygens (including phenoxy) is 2. The molecule has 2 aromatic rings. The molecule has 20 heavy (non-hydrogen) atoms. The van der Waals surface area contributed by atoms with E-state index in [0.717, 1.165) is 15.5 Å². The van der Waals surface area contributed by atoms with Crippen LogP contribution in [0.3, 0.4) is 0 Å². The van der Waals surface area contributed by atoms with Crippen LogP contribution in [0, 0.1) is 10.1 Å². The minimum absolute atomic E-state index is 0.0356. The fourth-order valence-electron chi connectivity index (χ4n) is 1.65. The first-order chi connectivity index (χ1) is 9.63. The molecule has 0 N–H and O–H groups in total. The van der Waals surface area contributed by atoms with Crippen LogP contribution in [0.25, 0.3) is 0 Å². The summed E-state index contributed by atoms with van der Waals surface area (Å²) in [5.74, 6) is 1.05. The second-order valence-corrected chi connectivity index (χ2v) is 5.02. The molecule has 0 radical (unpaired) electrons. The lowest BCUT2D eigenvalue weighted by Gasteiger charge is -2.06. The van der Waals surface area contributed by atoms with Gasteiger partial charge in [-0.3, -0.25) is 10.1 Å². The van der Waals surface area contributed by atoms with Crippen molar-refractivity contribution in [2.24, 2.45) is 0 Å². The zero-order valence-electron chi connectivity index (χ0n) is 11.0. The van der Waals surface area contributed by atoms with E-state index >= 15 is 0 Å².